The third-order valence-corrected chi connectivity index (χ3v) is 3.50. The van der Waals surface area contributed by atoms with E-state index in [1.54, 1.807) is 47.3 Å². The Morgan fingerprint density at radius 3 is 2.32 bits per heavy atom. The molecule has 0 spiro atoms. The van der Waals surface area contributed by atoms with Crippen LogP contribution in [0.1, 0.15) is 10.4 Å². The number of anilines is 2. The maximum atomic E-state index is 12.4. The number of nitrogens with zero attached hydrogens (tertiary/aromatic N) is 2. The summed E-state index contributed by atoms with van der Waals surface area (Å²) in [5.74, 6) is -0.232. The minimum absolute atomic E-state index is 0.232. The van der Waals surface area contributed by atoms with E-state index >= 15 is 0 Å². The Hall–Kier alpha value is -3.61. The molecule has 0 aliphatic carbocycles. The van der Waals surface area contributed by atoms with Gasteiger partial charge in [-0.25, -0.2) is 9.48 Å². The Labute approximate surface area is 144 Å². The highest BCUT2D eigenvalue weighted by Crippen LogP contribution is 2.16. The molecular weight excluding hydrogens is 318 g/mol. The van der Waals surface area contributed by atoms with E-state index < -0.39 is 0 Å². The van der Waals surface area contributed by atoms with Crippen molar-refractivity contribution in [2.75, 3.05) is 17.7 Å². The molecule has 0 unspecified atom stereocenters. The fourth-order valence-corrected chi connectivity index (χ4v) is 2.26. The monoisotopic (exact) mass is 335 g/mol. The van der Waals surface area contributed by atoms with E-state index in [2.05, 4.69) is 21.0 Å². The molecule has 2 aromatic carbocycles. The minimum atomic E-state index is -0.322. The lowest BCUT2D eigenvalue weighted by Gasteiger charge is -2.09. The lowest BCUT2D eigenvalue weighted by molar-refractivity contribution is 0.102. The van der Waals surface area contributed by atoms with E-state index in [1.807, 2.05) is 24.4 Å². The fourth-order valence-electron chi connectivity index (χ4n) is 2.26. The second kappa shape index (κ2) is 7.31. The van der Waals surface area contributed by atoms with Crippen LogP contribution in [0.3, 0.4) is 0 Å². The number of benzene rings is 2. The molecule has 25 heavy (non-hydrogen) atoms. The number of amides is 3. The molecule has 0 aliphatic rings. The minimum Gasteiger partial charge on any atom is -0.341 e. The SMILES string of the molecule is CNC(=O)Nc1cccc(NC(=O)c2ccc(-n3cccn3)cc2)c1. The summed E-state index contributed by atoms with van der Waals surface area (Å²) >= 11 is 0. The highest BCUT2D eigenvalue weighted by molar-refractivity contribution is 6.04. The van der Waals surface area contributed by atoms with Crippen molar-refractivity contribution in [1.82, 2.24) is 15.1 Å². The Balaban J connectivity index is 1.70. The predicted octanol–water partition coefficient (Wildman–Crippen LogP) is 2.88. The van der Waals surface area contributed by atoms with Gasteiger partial charge in [-0.2, -0.15) is 5.10 Å². The summed E-state index contributed by atoms with van der Waals surface area (Å²) in [7, 11) is 1.54. The summed E-state index contributed by atoms with van der Waals surface area (Å²) in [6, 6.07) is 15.6. The number of carbonyl (C=O) groups excluding carboxylic acids is 2. The lowest BCUT2D eigenvalue weighted by Crippen LogP contribution is -2.24. The van der Waals surface area contributed by atoms with Crippen LogP contribution in [0.4, 0.5) is 16.2 Å². The molecule has 0 atom stereocenters. The van der Waals surface area contributed by atoms with Gasteiger partial charge >= 0.3 is 6.03 Å². The highest BCUT2D eigenvalue weighted by atomic mass is 16.2. The van der Waals surface area contributed by atoms with Crippen molar-refractivity contribution in [2.24, 2.45) is 0 Å². The van der Waals surface area contributed by atoms with Gasteiger partial charge in [-0.1, -0.05) is 6.07 Å². The van der Waals surface area contributed by atoms with Crippen LogP contribution < -0.4 is 16.0 Å². The standard InChI is InChI=1S/C18H17N5O2/c1-19-18(25)22-15-5-2-4-14(12-15)21-17(24)13-6-8-16(9-7-13)23-11-3-10-20-23/h2-12H,1H3,(H,21,24)(H2,19,22,25). The summed E-state index contributed by atoms with van der Waals surface area (Å²) in [5, 5.41) is 12.1. The Kier molecular flexibility index (Phi) is 4.75. The molecule has 7 nitrogen and oxygen atoms in total. The van der Waals surface area contributed by atoms with Gasteiger partial charge in [-0.05, 0) is 48.5 Å². The molecule has 3 amide bonds. The van der Waals surface area contributed by atoms with Gasteiger partial charge in [-0.15, -0.1) is 0 Å². The molecule has 3 rings (SSSR count). The third-order valence-electron chi connectivity index (χ3n) is 3.50. The van der Waals surface area contributed by atoms with Crippen LogP contribution in [0.25, 0.3) is 5.69 Å². The number of aromatic nitrogens is 2. The average Bonchev–Trinajstić information content (AvgIpc) is 3.16. The number of carbonyl (C=O) groups is 2. The molecule has 7 heteroatoms. The van der Waals surface area contributed by atoms with Crippen molar-refractivity contribution in [3.05, 3.63) is 72.6 Å². The van der Waals surface area contributed by atoms with E-state index in [-0.39, 0.29) is 11.9 Å². The molecule has 0 saturated heterocycles. The summed E-state index contributed by atoms with van der Waals surface area (Å²) in [5.41, 5.74) is 2.58. The summed E-state index contributed by atoms with van der Waals surface area (Å²) < 4.78 is 1.72. The van der Waals surface area contributed by atoms with Crippen LogP contribution in [0, 0.1) is 0 Å². The normalized spacial score (nSPS) is 10.1. The summed E-state index contributed by atoms with van der Waals surface area (Å²) in [6.45, 7) is 0. The lowest BCUT2D eigenvalue weighted by atomic mass is 10.2. The van der Waals surface area contributed by atoms with Gasteiger partial charge in [0.15, 0.2) is 0 Å². The largest absolute Gasteiger partial charge is 0.341 e. The maximum absolute atomic E-state index is 12.4. The summed E-state index contributed by atoms with van der Waals surface area (Å²) in [6.07, 6.45) is 3.53. The van der Waals surface area contributed by atoms with Crippen LogP contribution in [-0.2, 0) is 0 Å². The number of hydrogen-bond donors (Lipinski definition) is 3. The molecule has 3 N–H and O–H groups in total. The van der Waals surface area contributed by atoms with Crippen LogP contribution in [0.2, 0.25) is 0 Å². The molecule has 1 heterocycles. The molecule has 1 aromatic heterocycles. The number of hydrogen-bond acceptors (Lipinski definition) is 3. The van der Waals surface area contributed by atoms with E-state index in [0.29, 0.717) is 16.9 Å². The smallest absolute Gasteiger partial charge is 0.318 e. The molecule has 0 saturated carbocycles. The van der Waals surface area contributed by atoms with Crippen LogP contribution >= 0.6 is 0 Å². The van der Waals surface area contributed by atoms with Crippen molar-refractivity contribution in [3.63, 3.8) is 0 Å². The first-order valence-corrected chi connectivity index (χ1v) is 7.66. The second-order valence-corrected chi connectivity index (χ2v) is 5.24. The van der Waals surface area contributed by atoms with Gasteiger partial charge in [0.1, 0.15) is 0 Å². The van der Waals surface area contributed by atoms with Crippen LogP contribution in [0.15, 0.2) is 67.0 Å². The fraction of sp³-hybridized carbons (Fsp3) is 0.0556. The molecule has 0 bridgehead atoms. The number of rotatable bonds is 4. The van der Waals surface area contributed by atoms with Gasteiger partial charge in [0.2, 0.25) is 0 Å². The van der Waals surface area contributed by atoms with Crippen LogP contribution in [-0.4, -0.2) is 28.8 Å². The Bertz CT molecular complexity index is 873. The van der Waals surface area contributed by atoms with Gasteiger partial charge < -0.3 is 16.0 Å². The Morgan fingerprint density at radius 1 is 0.960 bits per heavy atom. The zero-order valence-corrected chi connectivity index (χ0v) is 13.6. The van der Waals surface area contributed by atoms with Crippen molar-refractivity contribution in [2.45, 2.75) is 0 Å². The van der Waals surface area contributed by atoms with E-state index in [9.17, 15) is 9.59 Å². The average molecular weight is 335 g/mol. The quantitative estimate of drug-likeness (QED) is 0.685. The first-order chi connectivity index (χ1) is 12.2. The van der Waals surface area contributed by atoms with Crippen LogP contribution in [0.5, 0.6) is 0 Å². The Morgan fingerprint density at radius 2 is 1.68 bits per heavy atom. The van der Waals surface area contributed by atoms with Crippen molar-refractivity contribution >= 4 is 23.3 Å². The van der Waals surface area contributed by atoms with E-state index in [4.69, 9.17) is 0 Å². The summed E-state index contributed by atoms with van der Waals surface area (Å²) in [4.78, 5) is 23.7. The van der Waals surface area contributed by atoms with Crippen molar-refractivity contribution < 1.29 is 9.59 Å². The van der Waals surface area contributed by atoms with Gasteiger partial charge in [0, 0.05) is 36.4 Å². The van der Waals surface area contributed by atoms with Gasteiger partial charge in [0.05, 0.1) is 5.69 Å². The molecular formula is C18H17N5O2. The molecule has 0 aliphatic heterocycles. The molecule has 3 aromatic rings. The van der Waals surface area contributed by atoms with Crippen molar-refractivity contribution in [1.29, 1.82) is 0 Å². The topological polar surface area (TPSA) is 88.0 Å². The van der Waals surface area contributed by atoms with Gasteiger partial charge in [-0.3, -0.25) is 4.79 Å². The second-order valence-electron chi connectivity index (χ2n) is 5.24. The molecule has 0 radical (unpaired) electrons. The third kappa shape index (κ3) is 4.03. The van der Waals surface area contributed by atoms with E-state index in [0.717, 1.165) is 5.69 Å². The first-order valence-electron chi connectivity index (χ1n) is 7.66. The maximum Gasteiger partial charge on any atom is 0.318 e. The number of nitrogens with one attached hydrogen (secondary N) is 3. The molecule has 0 fully saturated rings. The molecule has 126 valence electrons. The zero-order chi connectivity index (χ0) is 17.6. The highest BCUT2D eigenvalue weighted by Gasteiger charge is 2.07. The van der Waals surface area contributed by atoms with Crippen molar-refractivity contribution in [3.8, 4) is 5.69 Å². The van der Waals surface area contributed by atoms with E-state index in [1.165, 1.54) is 7.05 Å². The number of urea groups is 1. The zero-order valence-electron chi connectivity index (χ0n) is 13.6. The van der Waals surface area contributed by atoms with Gasteiger partial charge in [0.25, 0.3) is 5.91 Å². The predicted molar refractivity (Wildman–Crippen MR) is 96.0 cm³/mol. The first kappa shape index (κ1) is 16.3.